The lowest BCUT2D eigenvalue weighted by atomic mass is 10.2. The monoisotopic (exact) mass is 299 g/mol. The summed E-state index contributed by atoms with van der Waals surface area (Å²) in [5.74, 6) is -0.686. The molecule has 0 bridgehead atoms. The third-order valence-electron chi connectivity index (χ3n) is 3.31. The molecule has 1 aliphatic heterocycles. The van der Waals surface area contributed by atoms with Crippen molar-refractivity contribution in [3.63, 3.8) is 0 Å². The SMILES string of the molecule is Cc1ccc(S(=O)(=O)NCCC2(C)OCCCO2)cc1. The van der Waals surface area contributed by atoms with Gasteiger partial charge < -0.3 is 9.47 Å². The van der Waals surface area contributed by atoms with Gasteiger partial charge in [-0.25, -0.2) is 13.1 Å². The van der Waals surface area contributed by atoms with Gasteiger partial charge in [0.15, 0.2) is 5.79 Å². The van der Waals surface area contributed by atoms with Crippen molar-refractivity contribution in [3.05, 3.63) is 29.8 Å². The van der Waals surface area contributed by atoms with Crippen molar-refractivity contribution < 1.29 is 17.9 Å². The van der Waals surface area contributed by atoms with Crippen LogP contribution in [0.15, 0.2) is 29.2 Å². The second-order valence-electron chi connectivity index (χ2n) is 5.15. The van der Waals surface area contributed by atoms with Crippen molar-refractivity contribution in [2.75, 3.05) is 19.8 Å². The molecular formula is C14H21NO4S. The summed E-state index contributed by atoms with van der Waals surface area (Å²) in [6.07, 6.45) is 1.36. The van der Waals surface area contributed by atoms with Gasteiger partial charge in [-0.15, -0.1) is 0 Å². The molecule has 0 aliphatic carbocycles. The molecule has 2 rings (SSSR count). The third kappa shape index (κ3) is 4.02. The van der Waals surface area contributed by atoms with E-state index in [0.717, 1.165) is 12.0 Å². The van der Waals surface area contributed by atoms with E-state index in [4.69, 9.17) is 9.47 Å². The summed E-state index contributed by atoms with van der Waals surface area (Å²) in [5.41, 5.74) is 1.03. The molecule has 5 nitrogen and oxygen atoms in total. The molecule has 0 radical (unpaired) electrons. The predicted octanol–water partition coefficient (Wildman–Crippen LogP) is 1.82. The van der Waals surface area contributed by atoms with Crippen LogP contribution in [0, 0.1) is 6.92 Å². The van der Waals surface area contributed by atoms with E-state index in [1.807, 2.05) is 13.8 Å². The zero-order valence-electron chi connectivity index (χ0n) is 11.9. The summed E-state index contributed by atoms with van der Waals surface area (Å²) in [5, 5.41) is 0. The molecule has 0 amide bonds. The van der Waals surface area contributed by atoms with Crippen LogP contribution >= 0.6 is 0 Å². The predicted molar refractivity (Wildman–Crippen MR) is 75.9 cm³/mol. The van der Waals surface area contributed by atoms with Crippen LogP contribution in [0.5, 0.6) is 0 Å². The fourth-order valence-corrected chi connectivity index (χ4v) is 3.07. The second-order valence-corrected chi connectivity index (χ2v) is 6.91. The number of sulfonamides is 1. The Labute approximate surface area is 120 Å². The van der Waals surface area contributed by atoms with Gasteiger partial charge in [0.05, 0.1) is 18.1 Å². The Morgan fingerprint density at radius 3 is 2.40 bits per heavy atom. The van der Waals surface area contributed by atoms with Crippen LogP contribution < -0.4 is 4.72 Å². The highest BCUT2D eigenvalue weighted by Crippen LogP contribution is 2.21. The van der Waals surface area contributed by atoms with Gasteiger partial charge in [0.2, 0.25) is 10.0 Å². The molecule has 1 N–H and O–H groups in total. The van der Waals surface area contributed by atoms with Crippen molar-refractivity contribution in [1.82, 2.24) is 4.72 Å². The molecule has 20 heavy (non-hydrogen) atoms. The van der Waals surface area contributed by atoms with Crippen LogP contribution in [0.1, 0.15) is 25.3 Å². The van der Waals surface area contributed by atoms with Gasteiger partial charge in [-0.05, 0) is 32.4 Å². The Kier molecular flexibility index (Phi) is 4.80. The van der Waals surface area contributed by atoms with Gasteiger partial charge in [0.25, 0.3) is 0 Å². The average molecular weight is 299 g/mol. The average Bonchev–Trinajstić information content (AvgIpc) is 2.39. The van der Waals surface area contributed by atoms with E-state index in [0.29, 0.717) is 19.6 Å². The highest BCUT2D eigenvalue weighted by atomic mass is 32.2. The molecule has 0 saturated carbocycles. The number of hydrogen-bond acceptors (Lipinski definition) is 4. The lowest BCUT2D eigenvalue weighted by molar-refractivity contribution is -0.257. The summed E-state index contributed by atoms with van der Waals surface area (Å²) >= 11 is 0. The van der Waals surface area contributed by atoms with E-state index in [9.17, 15) is 8.42 Å². The fraction of sp³-hybridized carbons (Fsp3) is 0.571. The van der Waals surface area contributed by atoms with Gasteiger partial charge >= 0.3 is 0 Å². The summed E-state index contributed by atoms with van der Waals surface area (Å²) in [4.78, 5) is 0.277. The number of rotatable bonds is 5. The number of aryl methyl sites for hydroxylation is 1. The Bertz CT molecular complexity index is 533. The lowest BCUT2D eigenvalue weighted by Crippen LogP contribution is -2.40. The summed E-state index contributed by atoms with van der Waals surface area (Å²) in [6.45, 7) is 5.35. The number of nitrogens with one attached hydrogen (secondary N) is 1. The molecular weight excluding hydrogens is 278 g/mol. The minimum absolute atomic E-state index is 0.277. The summed E-state index contributed by atoms with van der Waals surface area (Å²) in [6, 6.07) is 6.77. The first-order chi connectivity index (χ1) is 9.41. The Morgan fingerprint density at radius 2 is 1.80 bits per heavy atom. The second kappa shape index (κ2) is 6.22. The van der Waals surface area contributed by atoms with E-state index in [2.05, 4.69) is 4.72 Å². The van der Waals surface area contributed by atoms with Crippen LogP contribution in [-0.4, -0.2) is 34.0 Å². The van der Waals surface area contributed by atoms with Crippen LogP contribution in [0.4, 0.5) is 0 Å². The Balaban J connectivity index is 1.91. The molecule has 1 heterocycles. The maximum absolute atomic E-state index is 12.1. The van der Waals surface area contributed by atoms with Gasteiger partial charge in [-0.3, -0.25) is 0 Å². The minimum Gasteiger partial charge on any atom is -0.350 e. The zero-order valence-corrected chi connectivity index (χ0v) is 12.7. The van der Waals surface area contributed by atoms with Gasteiger partial charge in [-0.2, -0.15) is 0 Å². The van der Waals surface area contributed by atoms with Crippen molar-refractivity contribution in [1.29, 1.82) is 0 Å². The van der Waals surface area contributed by atoms with Crippen molar-refractivity contribution in [2.24, 2.45) is 0 Å². The maximum atomic E-state index is 12.1. The van der Waals surface area contributed by atoms with E-state index >= 15 is 0 Å². The zero-order chi connectivity index (χ0) is 14.6. The van der Waals surface area contributed by atoms with Crippen LogP contribution in [0.25, 0.3) is 0 Å². The summed E-state index contributed by atoms with van der Waals surface area (Å²) < 4.78 is 37.9. The quantitative estimate of drug-likeness (QED) is 0.900. The van der Waals surface area contributed by atoms with E-state index in [1.54, 1.807) is 24.3 Å². The van der Waals surface area contributed by atoms with Crippen molar-refractivity contribution in [2.45, 2.75) is 37.4 Å². The molecule has 0 unspecified atom stereocenters. The number of ether oxygens (including phenoxy) is 2. The topological polar surface area (TPSA) is 64.6 Å². The lowest BCUT2D eigenvalue weighted by Gasteiger charge is -2.33. The maximum Gasteiger partial charge on any atom is 0.240 e. The van der Waals surface area contributed by atoms with Crippen molar-refractivity contribution in [3.8, 4) is 0 Å². The van der Waals surface area contributed by atoms with Crippen LogP contribution in [0.2, 0.25) is 0 Å². The molecule has 1 aliphatic rings. The molecule has 1 saturated heterocycles. The molecule has 6 heteroatoms. The van der Waals surface area contributed by atoms with E-state index in [-0.39, 0.29) is 11.4 Å². The molecule has 112 valence electrons. The first-order valence-corrected chi connectivity index (χ1v) is 8.24. The molecule has 1 aromatic rings. The highest BCUT2D eigenvalue weighted by Gasteiger charge is 2.29. The molecule has 1 aromatic carbocycles. The number of benzene rings is 1. The Morgan fingerprint density at radius 1 is 1.20 bits per heavy atom. The smallest absolute Gasteiger partial charge is 0.240 e. The Hall–Kier alpha value is -0.950. The first kappa shape index (κ1) is 15.4. The van der Waals surface area contributed by atoms with E-state index < -0.39 is 15.8 Å². The van der Waals surface area contributed by atoms with Crippen LogP contribution in [0.3, 0.4) is 0 Å². The molecule has 0 spiro atoms. The van der Waals surface area contributed by atoms with Crippen LogP contribution in [-0.2, 0) is 19.5 Å². The standard InChI is InChI=1S/C14H21NO4S/c1-12-4-6-13(7-5-12)20(16,17)15-9-8-14(2)18-10-3-11-19-14/h4-7,15H,3,8-11H2,1-2H3. The normalized spacial score (nSPS) is 18.9. The third-order valence-corrected chi connectivity index (χ3v) is 4.78. The van der Waals surface area contributed by atoms with Gasteiger partial charge in [0.1, 0.15) is 0 Å². The molecule has 1 fully saturated rings. The highest BCUT2D eigenvalue weighted by molar-refractivity contribution is 7.89. The summed E-state index contributed by atoms with van der Waals surface area (Å²) in [7, 11) is -3.47. The fourth-order valence-electron chi connectivity index (χ4n) is 2.03. The first-order valence-electron chi connectivity index (χ1n) is 6.76. The molecule has 0 aromatic heterocycles. The largest absolute Gasteiger partial charge is 0.350 e. The van der Waals surface area contributed by atoms with Gasteiger partial charge in [-0.1, -0.05) is 17.7 Å². The minimum atomic E-state index is -3.47. The van der Waals surface area contributed by atoms with Crippen molar-refractivity contribution >= 4 is 10.0 Å². The number of hydrogen-bond donors (Lipinski definition) is 1. The van der Waals surface area contributed by atoms with E-state index in [1.165, 1.54) is 0 Å². The van der Waals surface area contributed by atoms with Gasteiger partial charge in [0, 0.05) is 13.0 Å². The molecule has 0 atom stereocenters.